The Balaban J connectivity index is 2.05. The zero-order valence-corrected chi connectivity index (χ0v) is 13.2. The number of hydrogen-bond donors (Lipinski definition) is 1. The van der Waals surface area contributed by atoms with Crippen molar-refractivity contribution in [3.63, 3.8) is 0 Å². The molecule has 0 heterocycles. The molecule has 0 atom stereocenters. The van der Waals surface area contributed by atoms with Crippen LogP contribution in [0.3, 0.4) is 0 Å². The molecule has 0 saturated carbocycles. The fraction of sp³-hybridized carbons (Fsp3) is 0.368. The second-order valence-electron chi connectivity index (χ2n) is 5.65. The molecule has 0 bridgehead atoms. The molecule has 2 aromatic rings. The summed E-state index contributed by atoms with van der Waals surface area (Å²) in [5.41, 5.74) is 2.55. The van der Waals surface area contributed by atoms with Gasteiger partial charge in [0.2, 0.25) is 0 Å². The van der Waals surface area contributed by atoms with Gasteiger partial charge in [0, 0.05) is 6.54 Å². The van der Waals surface area contributed by atoms with Crippen molar-refractivity contribution in [3.05, 3.63) is 59.7 Å². The van der Waals surface area contributed by atoms with Crippen molar-refractivity contribution in [2.75, 3.05) is 6.54 Å². The van der Waals surface area contributed by atoms with Gasteiger partial charge in [-0.3, -0.25) is 0 Å². The van der Waals surface area contributed by atoms with Crippen LogP contribution < -0.4 is 10.1 Å². The zero-order chi connectivity index (χ0) is 15.1. The van der Waals surface area contributed by atoms with Crippen molar-refractivity contribution in [2.45, 2.75) is 39.7 Å². The predicted molar refractivity (Wildman–Crippen MR) is 89.0 cm³/mol. The highest BCUT2D eigenvalue weighted by molar-refractivity contribution is 5.36. The predicted octanol–water partition coefficient (Wildman–Crippen LogP) is 5.10. The van der Waals surface area contributed by atoms with Gasteiger partial charge in [-0.1, -0.05) is 45.0 Å². The van der Waals surface area contributed by atoms with Crippen molar-refractivity contribution in [3.8, 4) is 11.5 Å². The van der Waals surface area contributed by atoms with E-state index in [1.54, 1.807) is 0 Å². The van der Waals surface area contributed by atoms with Crippen LogP contribution in [0.4, 0.5) is 0 Å². The monoisotopic (exact) mass is 283 g/mol. The maximum Gasteiger partial charge on any atom is 0.127 e. The van der Waals surface area contributed by atoms with E-state index in [0.29, 0.717) is 5.92 Å². The lowest BCUT2D eigenvalue weighted by Gasteiger charge is -2.11. The van der Waals surface area contributed by atoms with Crippen LogP contribution in [0.2, 0.25) is 0 Å². The molecule has 112 valence electrons. The summed E-state index contributed by atoms with van der Waals surface area (Å²) in [4.78, 5) is 0. The first kappa shape index (κ1) is 15.6. The molecule has 0 saturated heterocycles. The normalized spacial score (nSPS) is 10.9. The summed E-state index contributed by atoms with van der Waals surface area (Å²) in [5, 5.41) is 3.41. The topological polar surface area (TPSA) is 21.3 Å². The molecule has 0 spiro atoms. The molecule has 0 fully saturated rings. The summed E-state index contributed by atoms with van der Waals surface area (Å²) in [7, 11) is 0. The summed E-state index contributed by atoms with van der Waals surface area (Å²) >= 11 is 0. The average molecular weight is 283 g/mol. The third kappa shape index (κ3) is 4.91. The molecule has 2 nitrogen and oxygen atoms in total. The number of nitrogens with one attached hydrogen (secondary N) is 1. The minimum Gasteiger partial charge on any atom is -0.457 e. The summed E-state index contributed by atoms with van der Waals surface area (Å²) in [5.74, 6) is 2.31. The van der Waals surface area contributed by atoms with Crippen molar-refractivity contribution in [1.29, 1.82) is 0 Å². The molecular formula is C19H25NO. The van der Waals surface area contributed by atoms with E-state index in [4.69, 9.17) is 4.74 Å². The van der Waals surface area contributed by atoms with E-state index in [-0.39, 0.29) is 0 Å². The van der Waals surface area contributed by atoms with E-state index in [9.17, 15) is 0 Å². The van der Waals surface area contributed by atoms with Crippen LogP contribution >= 0.6 is 0 Å². The minimum absolute atomic E-state index is 0.512. The lowest BCUT2D eigenvalue weighted by molar-refractivity contribution is 0.480. The largest absolute Gasteiger partial charge is 0.457 e. The quantitative estimate of drug-likeness (QED) is 0.714. The van der Waals surface area contributed by atoms with Crippen LogP contribution in [0.15, 0.2) is 48.5 Å². The third-order valence-electron chi connectivity index (χ3n) is 3.41. The Bertz CT molecular complexity index is 563. The van der Waals surface area contributed by atoms with Crippen molar-refractivity contribution >= 4 is 0 Å². The van der Waals surface area contributed by atoms with Gasteiger partial charge < -0.3 is 10.1 Å². The minimum atomic E-state index is 0.512. The van der Waals surface area contributed by atoms with Gasteiger partial charge in [0.25, 0.3) is 0 Å². The maximum atomic E-state index is 5.99. The Morgan fingerprint density at radius 2 is 1.71 bits per heavy atom. The Morgan fingerprint density at radius 1 is 1.00 bits per heavy atom. The molecule has 0 aliphatic rings. The van der Waals surface area contributed by atoms with Gasteiger partial charge in [0.1, 0.15) is 11.5 Å². The first-order valence-corrected chi connectivity index (χ1v) is 7.76. The molecule has 0 amide bonds. The SMILES string of the molecule is CCCNCc1cccc(Oc2cccc(C(C)C)c2)c1. The number of ether oxygens (including phenoxy) is 1. The van der Waals surface area contributed by atoms with Crippen molar-refractivity contribution < 1.29 is 4.74 Å². The van der Waals surface area contributed by atoms with E-state index < -0.39 is 0 Å². The van der Waals surface area contributed by atoms with Gasteiger partial charge in [-0.05, 0) is 54.3 Å². The molecule has 0 aliphatic carbocycles. The van der Waals surface area contributed by atoms with Gasteiger partial charge in [-0.2, -0.15) is 0 Å². The third-order valence-corrected chi connectivity index (χ3v) is 3.41. The van der Waals surface area contributed by atoms with E-state index in [2.05, 4.69) is 56.4 Å². The lowest BCUT2D eigenvalue weighted by atomic mass is 10.0. The Morgan fingerprint density at radius 3 is 2.43 bits per heavy atom. The van der Waals surface area contributed by atoms with Crippen LogP contribution in [0.25, 0.3) is 0 Å². The molecule has 0 unspecified atom stereocenters. The summed E-state index contributed by atoms with van der Waals surface area (Å²) in [6.45, 7) is 8.49. The van der Waals surface area contributed by atoms with Crippen molar-refractivity contribution in [2.24, 2.45) is 0 Å². The van der Waals surface area contributed by atoms with E-state index in [1.165, 1.54) is 11.1 Å². The first-order valence-electron chi connectivity index (χ1n) is 7.76. The highest BCUT2D eigenvalue weighted by Gasteiger charge is 2.03. The molecule has 0 aliphatic heterocycles. The summed E-state index contributed by atoms with van der Waals surface area (Å²) in [6, 6.07) is 16.6. The Hall–Kier alpha value is -1.80. The van der Waals surface area contributed by atoms with Gasteiger partial charge in [-0.15, -0.1) is 0 Å². The van der Waals surface area contributed by atoms with Gasteiger partial charge >= 0.3 is 0 Å². The second-order valence-corrected chi connectivity index (χ2v) is 5.65. The van der Waals surface area contributed by atoms with Crippen LogP contribution in [0, 0.1) is 0 Å². The summed E-state index contributed by atoms with van der Waals surface area (Å²) < 4.78 is 5.99. The Labute approximate surface area is 128 Å². The van der Waals surface area contributed by atoms with Crippen molar-refractivity contribution in [1.82, 2.24) is 5.32 Å². The molecule has 2 heteroatoms. The van der Waals surface area contributed by atoms with Gasteiger partial charge in [-0.25, -0.2) is 0 Å². The molecule has 21 heavy (non-hydrogen) atoms. The second kappa shape index (κ2) is 7.84. The smallest absolute Gasteiger partial charge is 0.127 e. The number of benzene rings is 2. The first-order chi connectivity index (χ1) is 10.2. The molecule has 2 aromatic carbocycles. The number of hydrogen-bond acceptors (Lipinski definition) is 2. The lowest BCUT2D eigenvalue weighted by Crippen LogP contribution is -2.13. The van der Waals surface area contributed by atoms with E-state index in [1.807, 2.05) is 18.2 Å². The van der Waals surface area contributed by atoms with E-state index in [0.717, 1.165) is 31.0 Å². The van der Waals surface area contributed by atoms with Crippen LogP contribution in [-0.4, -0.2) is 6.54 Å². The van der Waals surface area contributed by atoms with Crippen LogP contribution in [-0.2, 0) is 6.54 Å². The fourth-order valence-corrected chi connectivity index (χ4v) is 2.20. The molecule has 0 aromatic heterocycles. The highest BCUT2D eigenvalue weighted by Crippen LogP contribution is 2.25. The average Bonchev–Trinajstić information content (AvgIpc) is 2.48. The zero-order valence-electron chi connectivity index (χ0n) is 13.2. The highest BCUT2D eigenvalue weighted by atomic mass is 16.5. The van der Waals surface area contributed by atoms with Crippen LogP contribution in [0.5, 0.6) is 11.5 Å². The molecule has 0 radical (unpaired) electrons. The molecular weight excluding hydrogens is 258 g/mol. The fourth-order valence-electron chi connectivity index (χ4n) is 2.20. The van der Waals surface area contributed by atoms with E-state index >= 15 is 0 Å². The van der Waals surface area contributed by atoms with Gasteiger partial charge in [0.05, 0.1) is 0 Å². The summed E-state index contributed by atoms with van der Waals surface area (Å²) in [6.07, 6.45) is 1.15. The maximum absolute atomic E-state index is 5.99. The van der Waals surface area contributed by atoms with Gasteiger partial charge in [0.15, 0.2) is 0 Å². The number of rotatable bonds is 7. The molecule has 2 rings (SSSR count). The van der Waals surface area contributed by atoms with Crippen LogP contribution in [0.1, 0.15) is 44.2 Å². The molecule has 1 N–H and O–H groups in total. The Kier molecular flexibility index (Phi) is 5.82. The standard InChI is InChI=1S/C19H25NO/c1-4-11-20-14-16-7-5-9-18(12-16)21-19-10-6-8-17(13-19)15(2)3/h5-10,12-13,15,20H,4,11,14H2,1-3H3.